The third kappa shape index (κ3) is 3.76. The fourth-order valence-corrected chi connectivity index (χ4v) is 3.76. The molecule has 7 heteroatoms. The Labute approximate surface area is 152 Å². The zero-order valence-electron chi connectivity index (χ0n) is 14.0. The van der Waals surface area contributed by atoms with Crippen LogP contribution in [0.15, 0.2) is 18.3 Å². The maximum atomic E-state index is 12.8. The van der Waals surface area contributed by atoms with Gasteiger partial charge in [-0.3, -0.25) is 4.79 Å². The van der Waals surface area contributed by atoms with Crippen LogP contribution in [0, 0.1) is 18.4 Å². The average molecular weight is 365 g/mol. The summed E-state index contributed by atoms with van der Waals surface area (Å²) in [7, 11) is 0. The Morgan fingerprint density at radius 3 is 2.76 bits per heavy atom. The predicted molar refractivity (Wildman–Crippen MR) is 92.7 cm³/mol. The number of pyridine rings is 1. The Bertz CT molecular complexity index is 636. The lowest BCUT2D eigenvalue weighted by Gasteiger charge is -2.46. The van der Waals surface area contributed by atoms with Crippen molar-refractivity contribution in [3.63, 3.8) is 0 Å². The molecule has 6 nitrogen and oxygen atoms in total. The van der Waals surface area contributed by atoms with Crippen molar-refractivity contribution in [2.75, 3.05) is 6.61 Å². The largest absolute Gasteiger partial charge is 0.469 e. The number of rotatable bonds is 6. The van der Waals surface area contributed by atoms with Crippen LogP contribution in [0.4, 0.5) is 0 Å². The van der Waals surface area contributed by atoms with Crippen LogP contribution in [0.3, 0.4) is 0 Å². The van der Waals surface area contributed by atoms with Crippen LogP contribution in [-0.4, -0.2) is 45.8 Å². The van der Waals surface area contributed by atoms with E-state index in [9.17, 15) is 9.90 Å². The van der Waals surface area contributed by atoms with Gasteiger partial charge >= 0.3 is 0 Å². The van der Waals surface area contributed by atoms with E-state index in [1.165, 1.54) is 0 Å². The van der Waals surface area contributed by atoms with Gasteiger partial charge in [0.2, 0.25) is 5.91 Å². The third-order valence-electron chi connectivity index (χ3n) is 5.17. The molecule has 1 amide bonds. The van der Waals surface area contributed by atoms with Crippen molar-refractivity contribution in [3.05, 3.63) is 30.0 Å². The van der Waals surface area contributed by atoms with Gasteiger partial charge in [0.15, 0.2) is 6.23 Å². The van der Waals surface area contributed by atoms with Crippen molar-refractivity contribution in [3.8, 4) is 5.75 Å². The van der Waals surface area contributed by atoms with E-state index in [2.05, 4.69) is 16.8 Å². The minimum atomic E-state index is -0.402. The summed E-state index contributed by atoms with van der Waals surface area (Å²) in [6.07, 6.45) is 5.83. The molecule has 0 bridgehead atoms. The fraction of sp³-hybridized carbons (Fsp3) is 0.611. The highest BCUT2D eigenvalue weighted by atomic mass is 35.5. The molecule has 3 atom stereocenters. The zero-order valence-corrected chi connectivity index (χ0v) is 14.7. The summed E-state index contributed by atoms with van der Waals surface area (Å²) in [5.41, 5.74) is 0. The number of hydrogen-bond acceptors (Lipinski definition) is 5. The number of hydrogen-bond donors (Lipinski definition) is 2. The first-order valence-corrected chi connectivity index (χ1v) is 9.35. The standard InChI is InChI=1S/C18H23ClN3O3/c19-15-9-13(5-7-20-15)25-18-17(12-3-4-12)21-10-14(11-1-2-11)22(18)16(24)6-8-23/h5,7,9-12,14,17-18,21,23H,1-4,6,8H2. The molecule has 0 aromatic carbocycles. The number of nitrogens with zero attached hydrogens (tertiary/aromatic N) is 2. The first kappa shape index (κ1) is 17.1. The number of ether oxygens (including phenoxy) is 1. The van der Waals surface area contributed by atoms with E-state index in [1.807, 2.05) is 4.90 Å². The minimum Gasteiger partial charge on any atom is -0.469 e. The fourth-order valence-electron chi connectivity index (χ4n) is 3.60. The van der Waals surface area contributed by atoms with Gasteiger partial charge in [0.1, 0.15) is 10.9 Å². The number of halogens is 1. The molecule has 1 aliphatic heterocycles. The number of aliphatic hydroxyl groups is 1. The maximum Gasteiger partial charge on any atom is 0.228 e. The van der Waals surface area contributed by atoms with Gasteiger partial charge in [-0.1, -0.05) is 11.6 Å². The van der Waals surface area contributed by atoms with E-state index in [0.717, 1.165) is 25.7 Å². The molecule has 4 rings (SSSR count). The number of carbonyl (C=O) groups excluding carboxylic acids is 1. The Balaban J connectivity index is 1.62. The van der Waals surface area contributed by atoms with Crippen molar-refractivity contribution < 1.29 is 14.6 Å². The van der Waals surface area contributed by atoms with E-state index < -0.39 is 6.23 Å². The summed E-state index contributed by atoms with van der Waals surface area (Å²) in [6.45, 7) is 1.91. The average Bonchev–Trinajstić information content (AvgIpc) is 3.47. The van der Waals surface area contributed by atoms with Crippen molar-refractivity contribution >= 4 is 17.5 Å². The van der Waals surface area contributed by atoms with Gasteiger partial charge in [0, 0.05) is 18.8 Å². The van der Waals surface area contributed by atoms with Crippen LogP contribution >= 0.6 is 11.6 Å². The molecule has 2 saturated carbocycles. The van der Waals surface area contributed by atoms with Crippen LogP contribution in [0.5, 0.6) is 5.75 Å². The van der Waals surface area contributed by atoms with E-state index in [1.54, 1.807) is 18.3 Å². The summed E-state index contributed by atoms with van der Waals surface area (Å²) in [5.74, 6) is 1.52. The summed E-state index contributed by atoms with van der Waals surface area (Å²) in [4.78, 5) is 18.6. The molecule has 3 fully saturated rings. The molecule has 2 N–H and O–H groups in total. The van der Waals surface area contributed by atoms with E-state index >= 15 is 0 Å². The molecular formula is C18H23ClN3O3. The molecule has 2 heterocycles. The van der Waals surface area contributed by atoms with Crippen molar-refractivity contribution in [2.24, 2.45) is 11.8 Å². The van der Waals surface area contributed by atoms with Gasteiger partial charge in [-0.25, -0.2) is 4.98 Å². The summed E-state index contributed by atoms with van der Waals surface area (Å²) >= 11 is 5.99. The van der Waals surface area contributed by atoms with Crippen LogP contribution in [0.2, 0.25) is 5.15 Å². The smallest absolute Gasteiger partial charge is 0.228 e. The van der Waals surface area contributed by atoms with Crippen LogP contribution in [0.25, 0.3) is 0 Å². The Kier molecular flexibility index (Phi) is 4.84. The Morgan fingerprint density at radius 2 is 2.12 bits per heavy atom. The lowest BCUT2D eigenvalue weighted by Crippen LogP contribution is -2.65. The topological polar surface area (TPSA) is 74.7 Å². The molecule has 0 spiro atoms. The highest BCUT2D eigenvalue weighted by Gasteiger charge is 2.50. The number of amides is 1. The molecule has 1 saturated heterocycles. The van der Waals surface area contributed by atoms with Crippen LogP contribution in [0.1, 0.15) is 32.1 Å². The van der Waals surface area contributed by atoms with Crippen LogP contribution < -0.4 is 10.1 Å². The minimum absolute atomic E-state index is 0.0105. The molecule has 1 aromatic heterocycles. The van der Waals surface area contributed by atoms with E-state index in [-0.39, 0.29) is 31.0 Å². The van der Waals surface area contributed by atoms with Gasteiger partial charge in [0.25, 0.3) is 0 Å². The second-order valence-corrected chi connectivity index (χ2v) is 7.51. The molecule has 25 heavy (non-hydrogen) atoms. The van der Waals surface area contributed by atoms with Crippen molar-refractivity contribution in [1.82, 2.24) is 15.2 Å². The quantitative estimate of drug-likeness (QED) is 0.755. The van der Waals surface area contributed by atoms with E-state index in [0.29, 0.717) is 22.7 Å². The molecule has 1 radical (unpaired) electrons. The van der Waals surface area contributed by atoms with E-state index in [4.69, 9.17) is 16.3 Å². The van der Waals surface area contributed by atoms with Crippen molar-refractivity contribution in [1.29, 1.82) is 0 Å². The first-order valence-electron chi connectivity index (χ1n) is 8.97. The molecule has 135 valence electrons. The van der Waals surface area contributed by atoms with Gasteiger partial charge in [-0.2, -0.15) is 0 Å². The zero-order chi connectivity index (χ0) is 17.4. The first-order chi connectivity index (χ1) is 12.2. The molecule has 1 aromatic rings. The number of carbonyl (C=O) groups is 1. The molecule has 3 aliphatic rings. The Hall–Kier alpha value is -1.37. The lowest BCUT2D eigenvalue weighted by molar-refractivity contribution is -0.150. The summed E-state index contributed by atoms with van der Waals surface area (Å²) < 4.78 is 6.25. The second-order valence-electron chi connectivity index (χ2n) is 7.12. The normalized spacial score (nSPS) is 29.5. The maximum absolute atomic E-state index is 12.8. The lowest BCUT2D eigenvalue weighted by atomic mass is 9.99. The van der Waals surface area contributed by atoms with Gasteiger partial charge in [0.05, 0.1) is 25.1 Å². The SMILES string of the molecule is O=C(CCO)N1C(C2CC2)[CH]NC(C2CC2)C1Oc1ccnc(Cl)c1. The second kappa shape index (κ2) is 7.09. The van der Waals surface area contributed by atoms with Gasteiger partial charge < -0.3 is 20.1 Å². The molecule has 3 unspecified atom stereocenters. The van der Waals surface area contributed by atoms with Crippen molar-refractivity contribution in [2.45, 2.75) is 50.4 Å². The summed E-state index contributed by atoms with van der Waals surface area (Å²) in [5, 5.41) is 13.1. The highest BCUT2D eigenvalue weighted by molar-refractivity contribution is 6.29. The monoisotopic (exact) mass is 364 g/mol. The number of aromatic nitrogens is 1. The molecule has 2 aliphatic carbocycles. The number of piperazine rings is 1. The van der Waals surface area contributed by atoms with Gasteiger partial charge in [-0.05, 0) is 43.6 Å². The predicted octanol–water partition coefficient (Wildman–Crippen LogP) is 1.97. The van der Waals surface area contributed by atoms with Crippen LogP contribution in [-0.2, 0) is 4.79 Å². The van der Waals surface area contributed by atoms with Gasteiger partial charge in [-0.15, -0.1) is 0 Å². The third-order valence-corrected chi connectivity index (χ3v) is 5.37. The molecular weight excluding hydrogens is 342 g/mol. The number of nitrogens with one attached hydrogen (secondary N) is 1. The highest BCUT2D eigenvalue weighted by Crippen LogP contribution is 2.43. The Morgan fingerprint density at radius 1 is 1.36 bits per heavy atom. The summed E-state index contributed by atoms with van der Waals surface area (Å²) in [6, 6.07) is 3.50. The number of aliphatic hydroxyl groups excluding tert-OH is 1.